The van der Waals surface area contributed by atoms with Crippen LogP contribution in [0.2, 0.25) is 0 Å². The van der Waals surface area contributed by atoms with Crippen LogP contribution in [0.25, 0.3) is 0 Å². The largest absolute Gasteiger partial charge is 0.524 e. The Morgan fingerprint density at radius 1 is 1.44 bits per heavy atom. The second-order valence-electron chi connectivity index (χ2n) is 4.15. The number of carbonyl (C=O) groups excluding carboxylic acids is 1. The fourth-order valence-corrected chi connectivity index (χ4v) is 2.42. The average Bonchev–Trinajstić information content (AvgIpc) is 2.13. The SMILES string of the molecule is C=CC(=O)OC(C)OP(=O)(OCC)O[N+](C)(C)C. The van der Waals surface area contributed by atoms with E-state index < -0.39 is 20.1 Å². The lowest BCUT2D eigenvalue weighted by Gasteiger charge is -2.26. The first-order valence-corrected chi connectivity index (χ1v) is 6.86. The van der Waals surface area contributed by atoms with E-state index in [9.17, 15) is 9.36 Å². The molecule has 0 bridgehead atoms. The Kier molecular flexibility index (Phi) is 6.73. The Bertz CT molecular complexity index is 338. The summed E-state index contributed by atoms with van der Waals surface area (Å²) >= 11 is 0. The zero-order valence-electron chi connectivity index (χ0n) is 11.4. The number of carbonyl (C=O) groups is 1. The number of ether oxygens (including phenoxy) is 1. The van der Waals surface area contributed by atoms with Crippen molar-refractivity contribution in [3.8, 4) is 0 Å². The predicted molar refractivity (Wildman–Crippen MR) is 65.2 cm³/mol. The van der Waals surface area contributed by atoms with E-state index in [1.165, 1.54) is 6.92 Å². The van der Waals surface area contributed by atoms with E-state index in [0.29, 0.717) is 0 Å². The maximum atomic E-state index is 12.2. The van der Waals surface area contributed by atoms with Gasteiger partial charge in [-0.15, -0.1) is 0 Å². The molecule has 106 valence electrons. The van der Waals surface area contributed by atoms with Gasteiger partial charge in [-0.2, -0.15) is 4.65 Å². The molecule has 0 aliphatic carbocycles. The molecule has 0 fully saturated rings. The molecule has 18 heavy (non-hydrogen) atoms. The molecule has 0 spiro atoms. The number of hydrogen-bond donors (Lipinski definition) is 0. The Labute approximate surface area is 107 Å². The van der Waals surface area contributed by atoms with Crippen molar-refractivity contribution < 1.29 is 32.4 Å². The van der Waals surface area contributed by atoms with Gasteiger partial charge in [0.15, 0.2) is 0 Å². The molecule has 7 nitrogen and oxygen atoms in total. The number of esters is 1. The van der Waals surface area contributed by atoms with Crippen molar-refractivity contribution in [1.82, 2.24) is 0 Å². The number of hydrogen-bond acceptors (Lipinski definition) is 6. The maximum Gasteiger partial charge on any atom is 0.524 e. The molecule has 0 saturated carbocycles. The zero-order chi connectivity index (χ0) is 14.4. The van der Waals surface area contributed by atoms with Gasteiger partial charge in [-0.05, 0) is 13.8 Å². The lowest BCUT2D eigenvalue weighted by molar-refractivity contribution is -1.04. The van der Waals surface area contributed by atoms with Gasteiger partial charge in [0.05, 0.1) is 27.7 Å². The van der Waals surface area contributed by atoms with E-state index in [1.807, 2.05) is 0 Å². The third kappa shape index (κ3) is 7.58. The summed E-state index contributed by atoms with van der Waals surface area (Å²) in [6, 6.07) is 0. The van der Waals surface area contributed by atoms with E-state index in [4.69, 9.17) is 18.4 Å². The molecule has 0 aromatic carbocycles. The van der Waals surface area contributed by atoms with Crippen LogP contribution >= 0.6 is 7.82 Å². The van der Waals surface area contributed by atoms with Crippen molar-refractivity contribution in [2.75, 3.05) is 27.7 Å². The number of phosphoric acid groups is 1. The number of nitrogens with zero attached hydrogens (tertiary/aromatic N) is 1. The Hall–Kier alpha value is -0.720. The predicted octanol–water partition coefficient (Wildman–Crippen LogP) is 1.86. The second-order valence-corrected chi connectivity index (χ2v) is 5.68. The molecule has 0 aliphatic rings. The molecular formula is C10H21NO6P+. The van der Waals surface area contributed by atoms with Crippen LogP contribution in [0.15, 0.2) is 12.7 Å². The van der Waals surface area contributed by atoms with E-state index in [0.717, 1.165) is 6.08 Å². The van der Waals surface area contributed by atoms with Crippen LogP contribution in [-0.4, -0.2) is 44.7 Å². The van der Waals surface area contributed by atoms with Gasteiger partial charge in [0.1, 0.15) is 0 Å². The van der Waals surface area contributed by atoms with Crippen molar-refractivity contribution in [1.29, 1.82) is 0 Å². The van der Waals surface area contributed by atoms with Gasteiger partial charge in [-0.1, -0.05) is 11.2 Å². The first-order valence-electron chi connectivity index (χ1n) is 5.40. The lowest BCUT2D eigenvalue weighted by atomic mass is 10.6. The quantitative estimate of drug-likeness (QED) is 0.169. The molecular weight excluding hydrogens is 261 g/mol. The Morgan fingerprint density at radius 2 is 2.00 bits per heavy atom. The van der Waals surface area contributed by atoms with Crippen molar-refractivity contribution in [3.05, 3.63) is 12.7 Å². The van der Waals surface area contributed by atoms with E-state index >= 15 is 0 Å². The fourth-order valence-electron chi connectivity index (χ4n) is 0.946. The molecule has 2 unspecified atom stereocenters. The first-order chi connectivity index (χ1) is 8.12. The van der Waals surface area contributed by atoms with Crippen molar-refractivity contribution in [2.24, 2.45) is 0 Å². The molecule has 0 N–H and O–H groups in total. The van der Waals surface area contributed by atoms with Crippen LogP contribution in [0.4, 0.5) is 0 Å². The number of quaternary nitrogens is 1. The van der Waals surface area contributed by atoms with Gasteiger partial charge in [-0.3, -0.25) is 4.52 Å². The first kappa shape index (κ1) is 17.3. The summed E-state index contributed by atoms with van der Waals surface area (Å²) in [5.74, 6) is -0.684. The molecule has 0 rings (SSSR count). The third-order valence-electron chi connectivity index (χ3n) is 1.36. The summed E-state index contributed by atoms with van der Waals surface area (Å²) in [5, 5.41) is 0. The number of hydroxylamine groups is 3. The molecule has 0 saturated heterocycles. The molecule has 0 heterocycles. The zero-order valence-corrected chi connectivity index (χ0v) is 12.3. The summed E-state index contributed by atoms with van der Waals surface area (Å²) in [6.45, 7) is 6.44. The Balaban J connectivity index is 4.65. The van der Waals surface area contributed by atoms with E-state index in [1.54, 1.807) is 28.1 Å². The summed E-state index contributed by atoms with van der Waals surface area (Å²) in [6.07, 6.45) is -0.0917. The number of phosphoric ester groups is 1. The number of rotatable bonds is 8. The monoisotopic (exact) mass is 282 g/mol. The highest BCUT2D eigenvalue weighted by Crippen LogP contribution is 2.52. The van der Waals surface area contributed by atoms with Gasteiger partial charge in [-0.25, -0.2) is 13.9 Å². The van der Waals surface area contributed by atoms with Crippen molar-refractivity contribution in [3.63, 3.8) is 0 Å². The van der Waals surface area contributed by atoms with E-state index in [-0.39, 0.29) is 11.3 Å². The summed E-state index contributed by atoms with van der Waals surface area (Å²) in [7, 11) is 1.14. The minimum atomic E-state index is -3.80. The molecule has 0 aromatic rings. The lowest BCUT2D eigenvalue weighted by Crippen LogP contribution is -2.34. The molecule has 0 amide bonds. The van der Waals surface area contributed by atoms with Gasteiger partial charge in [0.2, 0.25) is 6.29 Å². The normalized spacial score (nSPS) is 16.7. The minimum Gasteiger partial charge on any atom is -0.432 e. The third-order valence-corrected chi connectivity index (χ3v) is 3.18. The fraction of sp³-hybridized carbons (Fsp3) is 0.700. The molecule has 0 aliphatic heterocycles. The smallest absolute Gasteiger partial charge is 0.432 e. The second kappa shape index (κ2) is 7.01. The standard InChI is InChI=1S/C10H21NO6P/c1-7-10(12)15-9(3)16-18(13,14-8-2)17-11(4,5)6/h7,9H,1,8H2,2-6H3/q+1. The van der Waals surface area contributed by atoms with Crippen LogP contribution in [0.1, 0.15) is 13.8 Å². The van der Waals surface area contributed by atoms with Crippen molar-refractivity contribution >= 4 is 13.8 Å². The van der Waals surface area contributed by atoms with Crippen LogP contribution in [0.5, 0.6) is 0 Å². The van der Waals surface area contributed by atoms with Crippen LogP contribution in [-0.2, 0) is 27.8 Å². The van der Waals surface area contributed by atoms with Crippen LogP contribution < -0.4 is 0 Å². The maximum absolute atomic E-state index is 12.2. The van der Waals surface area contributed by atoms with Gasteiger partial charge < -0.3 is 4.74 Å². The molecule has 0 aromatic heterocycles. The topological polar surface area (TPSA) is 71.1 Å². The average molecular weight is 282 g/mol. The van der Waals surface area contributed by atoms with Gasteiger partial charge in [0.25, 0.3) is 0 Å². The highest BCUT2D eigenvalue weighted by Gasteiger charge is 2.37. The summed E-state index contributed by atoms with van der Waals surface area (Å²) < 4.78 is 32.0. The summed E-state index contributed by atoms with van der Waals surface area (Å²) in [5.41, 5.74) is 0. The molecule has 8 heteroatoms. The minimum absolute atomic E-state index is 0.0839. The van der Waals surface area contributed by atoms with Crippen molar-refractivity contribution in [2.45, 2.75) is 20.1 Å². The van der Waals surface area contributed by atoms with Crippen LogP contribution in [0.3, 0.4) is 0 Å². The van der Waals surface area contributed by atoms with E-state index in [2.05, 4.69) is 6.58 Å². The van der Waals surface area contributed by atoms with Gasteiger partial charge >= 0.3 is 13.8 Å². The Morgan fingerprint density at radius 3 is 2.39 bits per heavy atom. The molecule has 2 atom stereocenters. The highest BCUT2D eigenvalue weighted by molar-refractivity contribution is 7.48. The summed E-state index contributed by atoms with van der Waals surface area (Å²) in [4.78, 5) is 11.0. The van der Waals surface area contributed by atoms with Gasteiger partial charge in [0, 0.05) is 6.08 Å². The van der Waals surface area contributed by atoms with Crippen LogP contribution in [0, 0.1) is 0 Å². The molecule has 0 radical (unpaired) electrons. The highest BCUT2D eigenvalue weighted by atomic mass is 31.2.